The van der Waals surface area contributed by atoms with E-state index in [2.05, 4.69) is 0 Å². The third-order valence-electron chi connectivity index (χ3n) is 2.41. The summed E-state index contributed by atoms with van der Waals surface area (Å²) < 4.78 is 5.72. The van der Waals surface area contributed by atoms with Crippen molar-refractivity contribution in [2.24, 2.45) is 0 Å². The van der Waals surface area contributed by atoms with E-state index in [4.69, 9.17) is 9.84 Å². The van der Waals surface area contributed by atoms with Crippen molar-refractivity contribution in [3.63, 3.8) is 0 Å². The van der Waals surface area contributed by atoms with Crippen molar-refractivity contribution in [2.75, 3.05) is 13.2 Å². The number of hydrogen-bond donors (Lipinski definition) is 1. The van der Waals surface area contributed by atoms with E-state index < -0.39 is 0 Å². The van der Waals surface area contributed by atoms with Crippen LogP contribution < -0.4 is 0 Å². The highest BCUT2D eigenvalue weighted by molar-refractivity contribution is 6.14. The molecule has 1 unspecified atom stereocenters. The van der Waals surface area contributed by atoms with E-state index in [1.165, 1.54) is 19.3 Å². The van der Waals surface area contributed by atoms with Crippen LogP contribution >= 0.6 is 0 Å². The Hall–Kier alpha value is 0.137. The number of ether oxygens (including phenoxy) is 1. The number of aliphatic hydroxyl groups is 1. The molecular formula is C8H18O2Si. The molecule has 11 heavy (non-hydrogen) atoms. The van der Waals surface area contributed by atoms with Gasteiger partial charge in [-0.1, -0.05) is 0 Å². The molecule has 0 radical (unpaired) electrons. The molecule has 0 saturated carbocycles. The maximum Gasteiger partial charge on any atom is 0.0486 e. The Morgan fingerprint density at radius 1 is 1.45 bits per heavy atom. The Labute approximate surface area is 71.4 Å². The molecule has 0 amide bonds. The van der Waals surface area contributed by atoms with Crippen molar-refractivity contribution in [1.29, 1.82) is 0 Å². The molecule has 0 aromatic carbocycles. The summed E-state index contributed by atoms with van der Waals surface area (Å²) in [6.45, 7) is 1.25. The highest BCUT2D eigenvalue weighted by Gasteiger charge is 2.26. The van der Waals surface area contributed by atoms with Crippen LogP contribution in [0.25, 0.3) is 0 Å². The fourth-order valence-electron chi connectivity index (χ4n) is 1.64. The summed E-state index contributed by atoms with van der Waals surface area (Å²) in [6.07, 6.45) is 5.73. The normalized spacial score (nSPS) is 32.5. The molecular weight excluding hydrogens is 156 g/mol. The van der Waals surface area contributed by atoms with E-state index in [-0.39, 0.29) is 5.22 Å². The standard InChI is InChI=1S/C8H18O2Si/c9-6-3-5-8(11)4-1-2-7-10-8/h9H,1-7H2,11H3. The van der Waals surface area contributed by atoms with Crippen LogP contribution in [0.3, 0.4) is 0 Å². The number of hydrogen-bond acceptors (Lipinski definition) is 2. The molecule has 0 aliphatic carbocycles. The van der Waals surface area contributed by atoms with Crippen LogP contribution in [0.5, 0.6) is 0 Å². The van der Waals surface area contributed by atoms with Gasteiger partial charge in [-0.2, -0.15) is 0 Å². The van der Waals surface area contributed by atoms with E-state index in [1.54, 1.807) is 0 Å². The maximum absolute atomic E-state index is 8.67. The van der Waals surface area contributed by atoms with Gasteiger partial charge in [0.05, 0.1) is 0 Å². The zero-order valence-corrected chi connectivity index (χ0v) is 9.31. The van der Waals surface area contributed by atoms with E-state index in [1.807, 2.05) is 0 Å². The first kappa shape index (κ1) is 9.23. The van der Waals surface area contributed by atoms with Crippen LogP contribution in [0.2, 0.25) is 0 Å². The molecule has 0 bridgehead atoms. The van der Waals surface area contributed by atoms with Crippen molar-refractivity contribution < 1.29 is 9.84 Å². The highest BCUT2D eigenvalue weighted by atomic mass is 28.1. The first-order chi connectivity index (χ1) is 5.27. The van der Waals surface area contributed by atoms with E-state index in [0.717, 1.165) is 29.7 Å². The summed E-state index contributed by atoms with van der Waals surface area (Å²) in [4.78, 5) is 0. The summed E-state index contributed by atoms with van der Waals surface area (Å²) in [5.74, 6) is 0. The Kier molecular flexibility index (Phi) is 3.55. The topological polar surface area (TPSA) is 29.5 Å². The Balaban J connectivity index is 2.25. The van der Waals surface area contributed by atoms with Gasteiger partial charge in [-0.05, 0) is 32.1 Å². The van der Waals surface area contributed by atoms with Gasteiger partial charge in [0.25, 0.3) is 0 Å². The lowest BCUT2D eigenvalue weighted by Gasteiger charge is -2.34. The molecule has 66 valence electrons. The average Bonchev–Trinajstić information content (AvgIpc) is 2.03. The maximum atomic E-state index is 8.67. The SMILES string of the molecule is OCCCC1([SiH3])CCCCO1. The van der Waals surface area contributed by atoms with Crippen molar-refractivity contribution in [3.8, 4) is 0 Å². The Morgan fingerprint density at radius 3 is 2.82 bits per heavy atom. The lowest BCUT2D eigenvalue weighted by molar-refractivity contribution is -0.0257. The smallest absolute Gasteiger partial charge is 0.0486 e. The quantitative estimate of drug-likeness (QED) is 0.611. The fraction of sp³-hybridized carbons (Fsp3) is 1.00. The minimum atomic E-state index is 0.209. The minimum Gasteiger partial charge on any atom is -0.396 e. The molecule has 1 heterocycles. The second-order valence-electron chi connectivity index (χ2n) is 3.58. The molecule has 1 saturated heterocycles. The molecule has 0 spiro atoms. The van der Waals surface area contributed by atoms with Crippen molar-refractivity contribution in [1.82, 2.24) is 0 Å². The summed E-state index contributed by atoms with van der Waals surface area (Å²) in [7, 11) is 1.11. The fourth-order valence-corrected chi connectivity index (χ4v) is 2.55. The van der Waals surface area contributed by atoms with Crippen LogP contribution in [0.4, 0.5) is 0 Å². The predicted molar refractivity (Wildman–Crippen MR) is 48.8 cm³/mol. The number of rotatable bonds is 3. The average molecular weight is 174 g/mol. The van der Waals surface area contributed by atoms with Gasteiger partial charge in [-0.15, -0.1) is 0 Å². The van der Waals surface area contributed by atoms with E-state index in [0.29, 0.717) is 6.61 Å². The molecule has 3 heteroatoms. The van der Waals surface area contributed by atoms with Crippen molar-refractivity contribution in [2.45, 2.75) is 37.3 Å². The molecule has 1 aliphatic rings. The first-order valence-corrected chi connectivity index (χ1v) is 5.52. The van der Waals surface area contributed by atoms with Gasteiger partial charge in [-0.3, -0.25) is 0 Å². The zero-order chi connectivity index (χ0) is 8.16. The van der Waals surface area contributed by atoms with Crippen LogP contribution in [0.15, 0.2) is 0 Å². The van der Waals surface area contributed by atoms with Crippen molar-refractivity contribution in [3.05, 3.63) is 0 Å². The van der Waals surface area contributed by atoms with Crippen molar-refractivity contribution >= 4 is 10.2 Å². The molecule has 1 rings (SSSR count). The van der Waals surface area contributed by atoms with Gasteiger partial charge in [0.2, 0.25) is 0 Å². The van der Waals surface area contributed by atoms with Gasteiger partial charge in [0.15, 0.2) is 0 Å². The molecule has 0 aromatic rings. The molecule has 2 nitrogen and oxygen atoms in total. The van der Waals surface area contributed by atoms with Gasteiger partial charge >= 0.3 is 0 Å². The van der Waals surface area contributed by atoms with Gasteiger partial charge in [-0.25, -0.2) is 0 Å². The summed E-state index contributed by atoms with van der Waals surface area (Å²) >= 11 is 0. The number of aliphatic hydroxyl groups excluding tert-OH is 1. The van der Waals surface area contributed by atoms with Gasteiger partial charge in [0.1, 0.15) is 0 Å². The Bertz CT molecular complexity index is 111. The molecule has 0 aromatic heterocycles. The zero-order valence-electron chi connectivity index (χ0n) is 7.31. The summed E-state index contributed by atoms with van der Waals surface area (Å²) in [5, 5.41) is 8.88. The Morgan fingerprint density at radius 2 is 2.27 bits per heavy atom. The summed E-state index contributed by atoms with van der Waals surface area (Å²) in [5.41, 5.74) is 0. The van der Waals surface area contributed by atoms with Gasteiger partial charge in [0, 0.05) is 28.7 Å². The van der Waals surface area contributed by atoms with Crippen LogP contribution in [0.1, 0.15) is 32.1 Å². The molecule has 1 fully saturated rings. The predicted octanol–water partition coefficient (Wildman–Crippen LogP) is 0.0211. The molecule has 1 atom stereocenters. The van der Waals surface area contributed by atoms with Crippen LogP contribution in [0, 0.1) is 0 Å². The third-order valence-corrected chi connectivity index (χ3v) is 3.70. The lowest BCUT2D eigenvalue weighted by Crippen LogP contribution is -2.36. The minimum absolute atomic E-state index is 0.209. The monoisotopic (exact) mass is 174 g/mol. The van der Waals surface area contributed by atoms with E-state index in [9.17, 15) is 0 Å². The van der Waals surface area contributed by atoms with E-state index >= 15 is 0 Å². The van der Waals surface area contributed by atoms with Crippen LogP contribution in [-0.4, -0.2) is 33.8 Å². The second-order valence-corrected chi connectivity index (χ2v) is 5.41. The first-order valence-electron chi connectivity index (χ1n) is 4.52. The highest BCUT2D eigenvalue weighted by Crippen LogP contribution is 2.25. The lowest BCUT2D eigenvalue weighted by atomic mass is 10.0. The van der Waals surface area contributed by atoms with Gasteiger partial charge < -0.3 is 9.84 Å². The summed E-state index contributed by atoms with van der Waals surface area (Å²) in [6, 6.07) is 0. The largest absolute Gasteiger partial charge is 0.396 e. The molecule has 1 N–H and O–H groups in total. The van der Waals surface area contributed by atoms with Crippen LogP contribution in [-0.2, 0) is 4.74 Å². The molecule has 1 aliphatic heterocycles. The second kappa shape index (κ2) is 4.23. The third kappa shape index (κ3) is 2.93.